The van der Waals surface area contributed by atoms with Gasteiger partial charge >= 0.3 is 0 Å². The Bertz CT molecular complexity index is 1800. The quantitative estimate of drug-likeness (QED) is 0.231. The Morgan fingerprint density at radius 1 is 1.02 bits per heavy atom. The summed E-state index contributed by atoms with van der Waals surface area (Å²) < 4.78 is 1.64. The highest BCUT2D eigenvalue weighted by molar-refractivity contribution is 6.02. The van der Waals surface area contributed by atoms with Crippen molar-refractivity contribution in [3.05, 3.63) is 112 Å². The first kappa shape index (κ1) is 27.2. The molecule has 1 unspecified atom stereocenters. The number of carbonyl (C=O) groups excluding carboxylic acids is 1. The number of hydrogen-bond donors (Lipinski definition) is 3. The van der Waals surface area contributed by atoms with Crippen LogP contribution < -0.4 is 21.9 Å². The van der Waals surface area contributed by atoms with Crippen LogP contribution in [0.4, 0.5) is 17.5 Å². The third-order valence-corrected chi connectivity index (χ3v) is 6.66. The molecular formula is C31H30N8O2. The summed E-state index contributed by atoms with van der Waals surface area (Å²) in [7, 11) is 0. The summed E-state index contributed by atoms with van der Waals surface area (Å²) in [6.45, 7) is 5.69. The topological polar surface area (TPSA) is 141 Å². The van der Waals surface area contributed by atoms with Crippen molar-refractivity contribution in [3.8, 4) is 5.69 Å². The van der Waals surface area contributed by atoms with Crippen molar-refractivity contribution in [2.75, 3.05) is 16.4 Å². The van der Waals surface area contributed by atoms with E-state index in [2.05, 4.69) is 25.6 Å². The highest BCUT2D eigenvalue weighted by Gasteiger charge is 2.23. The maximum atomic E-state index is 13.9. The van der Waals surface area contributed by atoms with Crippen molar-refractivity contribution in [1.29, 1.82) is 0 Å². The summed E-state index contributed by atoms with van der Waals surface area (Å²) in [6.07, 6.45) is 6.80. The monoisotopic (exact) mass is 546 g/mol. The maximum absolute atomic E-state index is 13.9. The molecule has 0 aliphatic carbocycles. The van der Waals surface area contributed by atoms with E-state index in [1.165, 1.54) is 6.08 Å². The van der Waals surface area contributed by atoms with E-state index in [1.54, 1.807) is 42.1 Å². The number of pyridine rings is 1. The van der Waals surface area contributed by atoms with Crippen molar-refractivity contribution in [2.45, 2.75) is 33.2 Å². The zero-order valence-electron chi connectivity index (χ0n) is 23.0. The summed E-state index contributed by atoms with van der Waals surface area (Å²) in [5.41, 5.74) is 9.81. The van der Waals surface area contributed by atoms with E-state index in [0.29, 0.717) is 51.6 Å². The number of benzene rings is 2. The number of anilines is 3. The smallest absolute Gasteiger partial charge is 0.266 e. The Labute approximate surface area is 237 Å². The zero-order valence-corrected chi connectivity index (χ0v) is 23.0. The third kappa shape index (κ3) is 5.81. The van der Waals surface area contributed by atoms with Gasteiger partial charge in [-0.3, -0.25) is 19.1 Å². The maximum Gasteiger partial charge on any atom is 0.266 e. The Hall–Kier alpha value is -5.38. The van der Waals surface area contributed by atoms with Gasteiger partial charge in [0.2, 0.25) is 11.9 Å². The third-order valence-electron chi connectivity index (χ3n) is 6.66. The van der Waals surface area contributed by atoms with E-state index < -0.39 is 6.04 Å². The minimum Gasteiger partial charge on any atom is -0.368 e. The second-order valence-corrected chi connectivity index (χ2v) is 9.51. The minimum atomic E-state index is -0.433. The molecule has 0 saturated heterocycles. The van der Waals surface area contributed by atoms with E-state index in [-0.39, 0.29) is 17.4 Å². The normalized spacial score (nSPS) is 12.0. The highest BCUT2D eigenvalue weighted by atomic mass is 16.1. The van der Waals surface area contributed by atoms with E-state index in [9.17, 15) is 9.59 Å². The zero-order chi connectivity index (χ0) is 28.9. The van der Waals surface area contributed by atoms with Gasteiger partial charge in [-0.05, 0) is 62.2 Å². The van der Waals surface area contributed by atoms with Gasteiger partial charge in [0, 0.05) is 17.8 Å². The molecule has 206 valence electrons. The van der Waals surface area contributed by atoms with Gasteiger partial charge in [0.05, 0.1) is 40.2 Å². The van der Waals surface area contributed by atoms with Gasteiger partial charge in [0.25, 0.3) is 5.56 Å². The number of rotatable bonds is 8. The average Bonchev–Trinajstić information content (AvgIpc) is 2.96. The fourth-order valence-corrected chi connectivity index (χ4v) is 4.68. The van der Waals surface area contributed by atoms with Crippen LogP contribution in [0.1, 0.15) is 42.0 Å². The van der Waals surface area contributed by atoms with Gasteiger partial charge in [-0.15, -0.1) is 0 Å². The minimum absolute atomic E-state index is 0.0827. The second-order valence-electron chi connectivity index (χ2n) is 9.51. The molecule has 0 aliphatic heterocycles. The number of carbonyl (C=O) groups is 1. The molecule has 41 heavy (non-hydrogen) atoms. The number of fused-ring (bicyclic) bond motifs is 1. The number of para-hydroxylation sites is 1. The molecule has 0 spiro atoms. The predicted octanol–water partition coefficient (Wildman–Crippen LogP) is 4.98. The molecule has 0 radical (unpaired) electrons. The number of nitrogens with zero attached hydrogens (tertiary/aromatic N) is 5. The highest BCUT2D eigenvalue weighted by Crippen LogP contribution is 2.28. The number of aromatic nitrogens is 5. The number of nitrogens with one attached hydrogen (secondary N) is 2. The molecule has 5 rings (SSSR count). The van der Waals surface area contributed by atoms with Crippen molar-refractivity contribution in [2.24, 2.45) is 0 Å². The Balaban J connectivity index is 1.58. The van der Waals surface area contributed by atoms with Crippen molar-refractivity contribution in [1.82, 2.24) is 24.5 Å². The van der Waals surface area contributed by atoms with Crippen LogP contribution in [0.5, 0.6) is 0 Å². The summed E-state index contributed by atoms with van der Waals surface area (Å²) in [6, 6.07) is 18.1. The van der Waals surface area contributed by atoms with Gasteiger partial charge in [0.1, 0.15) is 11.6 Å². The lowest BCUT2D eigenvalue weighted by atomic mass is 10.1. The summed E-state index contributed by atoms with van der Waals surface area (Å²) in [5, 5.41) is 6.78. The largest absolute Gasteiger partial charge is 0.368 e. The summed E-state index contributed by atoms with van der Waals surface area (Å²) in [5.74, 6) is 0.697. The number of hydrogen-bond acceptors (Lipinski definition) is 8. The summed E-state index contributed by atoms with van der Waals surface area (Å²) in [4.78, 5) is 44.3. The van der Waals surface area contributed by atoms with Crippen molar-refractivity contribution >= 4 is 40.3 Å². The lowest BCUT2D eigenvalue weighted by Gasteiger charge is -2.23. The van der Waals surface area contributed by atoms with Crippen LogP contribution in [0.15, 0.2) is 83.9 Å². The molecule has 1 amide bonds. The molecule has 0 saturated carbocycles. The van der Waals surface area contributed by atoms with Crippen LogP contribution in [0.25, 0.3) is 22.7 Å². The molecule has 10 nitrogen and oxygen atoms in total. The first-order valence-electron chi connectivity index (χ1n) is 13.2. The number of nitrogens with two attached hydrogens (primary N) is 1. The molecule has 10 heteroatoms. The molecule has 2 aromatic carbocycles. The lowest BCUT2D eigenvalue weighted by Crippen LogP contribution is -2.29. The van der Waals surface area contributed by atoms with Crippen molar-refractivity contribution in [3.63, 3.8) is 0 Å². The Kier molecular flexibility index (Phi) is 7.82. The van der Waals surface area contributed by atoms with Gasteiger partial charge in [0.15, 0.2) is 0 Å². The predicted molar refractivity (Wildman–Crippen MR) is 162 cm³/mol. The Morgan fingerprint density at radius 3 is 2.56 bits per heavy atom. The number of amides is 1. The van der Waals surface area contributed by atoms with Crippen LogP contribution in [-0.2, 0) is 4.79 Å². The van der Waals surface area contributed by atoms with E-state index in [0.717, 1.165) is 5.56 Å². The van der Waals surface area contributed by atoms with Crippen LogP contribution >= 0.6 is 0 Å². The van der Waals surface area contributed by atoms with E-state index in [4.69, 9.17) is 10.7 Å². The molecule has 3 aromatic heterocycles. The molecule has 5 aromatic rings. The SMILES string of the molecule is CCC(Nc1nc(N)nc(C)c1C=CC(=O)Nc1cccnc1)c1nc2cccc(C)c2c(=O)n1-c1ccccc1. The van der Waals surface area contributed by atoms with Gasteiger partial charge in [-0.2, -0.15) is 4.98 Å². The number of aryl methyl sites for hydroxylation is 2. The van der Waals surface area contributed by atoms with Crippen LogP contribution in [0, 0.1) is 13.8 Å². The fourth-order valence-electron chi connectivity index (χ4n) is 4.68. The molecule has 0 bridgehead atoms. The molecule has 3 heterocycles. The molecular weight excluding hydrogens is 516 g/mol. The van der Waals surface area contributed by atoms with Crippen molar-refractivity contribution < 1.29 is 4.79 Å². The molecule has 0 fully saturated rings. The van der Waals surface area contributed by atoms with Gasteiger partial charge in [-0.1, -0.05) is 37.3 Å². The number of nitrogen functional groups attached to an aromatic ring is 1. The fraction of sp³-hybridized carbons (Fsp3) is 0.161. The van der Waals surface area contributed by atoms with E-state index >= 15 is 0 Å². The second kappa shape index (κ2) is 11.8. The Morgan fingerprint density at radius 2 is 1.83 bits per heavy atom. The van der Waals surface area contributed by atoms with Crippen LogP contribution in [0.3, 0.4) is 0 Å². The van der Waals surface area contributed by atoms with E-state index in [1.807, 2.05) is 62.4 Å². The standard InChI is InChI=1S/C31H30N8O2/c1-4-24(29-37-25-14-8-10-19(2)27(25)30(41)39(29)22-12-6-5-7-13-22)36-28-23(20(3)34-31(32)38-28)15-16-26(40)35-21-11-9-17-33-18-21/h5-18,24H,4H2,1-3H3,(H,35,40)(H3,32,34,36,38). The molecule has 0 aliphatic rings. The average molecular weight is 547 g/mol. The van der Waals surface area contributed by atoms with Gasteiger partial charge < -0.3 is 16.4 Å². The lowest BCUT2D eigenvalue weighted by molar-refractivity contribution is -0.111. The first-order chi connectivity index (χ1) is 19.9. The van der Waals surface area contributed by atoms with Crippen LogP contribution in [0.2, 0.25) is 0 Å². The molecule has 1 atom stereocenters. The van der Waals surface area contributed by atoms with Gasteiger partial charge in [-0.25, -0.2) is 9.97 Å². The first-order valence-corrected chi connectivity index (χ1v) is 13.2. The van der Waals surface area contributed by atoms with Crippen LogP contribution in [-0.4, -0.2) is 30.4 Å². The molecule has 4 N–H and O–H groups in total. The summed E-state index contributed by atoms with van der Waals surface area (Å²) >= 11 is 0.